The third-order valence-corrected chi connectivity index (χ3v) is 7.84. The second-order valence-electron chi connectivity index (χ2n) is 4.46. The summed E-state index contributed by atoms with van der Waals surface area (Å²) in [6.07, 6.45) is 1.10. The van der Waals surface area contributed by atoms with Crippen LogP contribution in [0, 0.1) is 5.92 Å². The zero-order valence-corrected chi connectivity index (χ0v) is 14.6. The van der Waals surface area contributed by atoms with E-state index in [1.807, 2.05) is 18.8 Å². The standard InChI is InChI=1S/C11H17BrN2O2S3/c1-13-6-9-4-10(11(12)18-9)19(15,16)14-5-8-2-3-17-7-8/h4,8,13-14H,2-3,5-7H2,1H3. The molecule has 2 N–H and O–H groups in total. The van der Waals surface area contributed by atoms with Crippen LogP contribution in [0.2, 0.25) is 0 Å². The first-order valence-electron chi connectivity index (χ1n) is 6.03. The van der Waals surface area contributed by atoms with Crippen LogP contribution in [0.1, 0.15) is 11.3 Å². The van der Waals surface area contributed by atoms with E-state index < -0.39 is 10.0 Å². The Balaban J connectivity index is 2.05. The number of hydrogen-bond donors (Lipinski definition) is 2. The summed E-state index contributed by atoms with van der Waals surface area (Å²) in [5, 5.41) is 3.02. The lowest BCUT2D eigenvalue weighted by molar-refractivity contribution is 0.545. The van der Waals surface area contributed by atoms with Gasteiger partial charge in [-0.05, 0) is 52.9 Å². The van der Waals surface area contributed by atoms with Gasteiger partial charge in [-0.1, -0.05) is 0 Å². The van der Waals surface area contributed by atoms with Gasteiger partial charge < -0.3 is 5.32 Å². The van der Waals surface area contributed by atoms with Crippen molar-refractivity contribution in [2.75, 3.05) is 25.1 Å². The highest BCUT2D eigenvalue weighted by molar-refractivity contribution is 9.11. The van der Waals surface area contributed by atoms with Crippen molar-refractivity contribution in [1.29, 1.82) is 0 Å². The fourth-order valence-electron chi connectivity index (χ4n) is 1.89. The van der Waals surface area contributed by atoms with Crippen LogP contribution in [0.25, 0.3) is 0 Å². The fraction of sp³-hybridized carbons (Fsp3) is 0.636. The summed E-state index contributed by atoms with van der Waals surface area (Å²) < 4.78 is 27.9. The van der Waals surface area contributed by atoms with E-state index in [1.165, 1.54) is 11.3 Å². The van der Waals surface area contributed by atoms with Gasteiger partial charge in [0.05, 0.1) is 3.79 Å². The van der Waals surface area contributed by atoms with Crippen LogP contribution in [0.15, 0.2) is 14.7 Å². The molecule has 0 saturated carbocycles. The molecule has 1 saturated heterocycles. The van der Waals surface area contributed by atoms with Gasteiger partial charge in [-0.25, -0.2) is 13.1 Å². The number of nitrogens with one attached hydrogen (secondary N) is 2. The summed E-state index contributed by atoms with van der Waals surface area (Å²) in [6, 6.07) is 1.73. The number of halogens is 1. The third kappa shape index (κ3) is 4.18. The van der Waals surface area contributed by atoms with Crippen LogP contribution in [-0.2, 0) is 16.6 Å². The van der Waals surface area contributed by atoms with Crippen LogP contribution in [0.4, 0.5) is 0 Å². The lowest BCUT2D eigenvalue weighted by Gasteiger charge is -2.10. The van der Waals surface area contributed by atoms with Crippen LogP contribution in [0.5, 0.6) is 0 Å². The first kappa shape index (κ1) is 15.8. The average Bonchev–Trinajstić information content (AvgIpc) is 2.97. The molecule has 19 heavy (non-hydrogen) atoms. The molecular formula is C11H17BrN2O2S3. The Labute approximate surface area is 130 Å². The maximum absolute atomic E-state index is 12.3. The quantitative estimate of drug-likeness (QED) is 0.789. The molecule has 2 heterocycles. The topological polar surface area (TPSA) is 58.2 Å². The van der Waals surface area contributed by atoms with E-state index in [9.17, 15) is 8.42 Å². The molecule has 0 bridgehead atoms. The number of sulfonamides is 1. The van der Waals surface area contributed by atoms with Crippen molar-refractivity contribution >= 4 is 49.1 Å². The molecule has 0 amide bonds. The van der Waals surface area contributed by atoms with Crippen molar-refractivity contribution in [1.82, 2.24) is 10.0 Å². The molecular weight excluding hydrogens is 368 g/mol. The van der Waals surface area contributed by atoms with Crippen molar-refractivity contribution in [3.8, 4) is 0 Å². The van der Waals surface area contributed by atoms with E-state index >= 15 is 0 Å². The monoisotopic (exact) mass is 384 g/mol. The summed E-state index contributed by atoms with van der Waals surface area (Å²) in [6.45, 7) is 1.22. The molecule has 1 atom stereocenters. The molecule has 1 fully saturated rings. The van der Waals surface area contributed by atoms with Gasteiger partial charge in [0.15, 0.2) is 0 Å². The lowest BCUT2D eigenvalue weighted by Crippen LogP contribution is -2.29. The van der Waals surface area contributed by atoms with E-state index in [0.29, 0.717) is 27.7 Å². The lowest BCUT2D eigenvalue weighted by atomic mass is 10.1. The highest BCUT2D eigenvalue weighted by Gasteiger charge is 2.23. The molecule has 0 aromatic carbocycles. The maximum atomic E-state index is 12.3. The highest BCUT2D eigenvalue weighted by atomic mass is 79.9. The summed E-state index contributed by atoms with van der Waals surface area (Å²) in [4.78, 5) is 1.36. The molecule has 0 aliphatic carbocycles. The van der Waals surface area contributed by atoms with Crippen LogP contribution < -0.4 is 10.0 Å². The molecule has 1 aliphatic heterocycles. The van der Waals surface area contributed by atoms with E-state index in [4.69, 9.17) is 0 Å². The van der Waals surface area contributed by atoms with Gasteiger partial charge in [-0.15, -0.1) is 11.3 Å². The molecule has 0 radical (unpaired) electrons. The van der Waals surface area contributed by atoms with E-state index in [2.05, 4.69) is 26.0 Å². The zero-order chi connectivity index (χ0) is 13.9. The van der Waals surface area contributed by atoms with E-state index in [0.717, 1.165) is 22.8 Å². The summed E-state index contributed by atoms with van der Waals surface area (Å²) in [5.41, 5.74) is 0. The van der Waals surface area contributed by atoms with Gasteiger partial charge >= 0.3 is 0 Å². The van der Waals surface area contributed by atoms with Gasteiger partial charge in [-0.3, -0.25) is 0 Å². The fourth-order valence-corrected chi connectivity index (χ4v) is 6.99. The smallest absolute Gasteiger partial charge is 0.242 e. The first-order chi connectivity index (χ1) is 9.03. The molecule has 1 aliphatic rings. The first-order valence-corrected chi connectivity index (χ1v) is 10.3. The molecule has 1 aromatic heterocycles. The largest absolute Gasteiger partial charge is 0.315 e. The Hall–Kier alpha value is 0.400. The second-order valence-corrected chi connectivity index (χ2v) is 9.80. The Bertz CT molecular complexity index is 524. The Morgan fingerprint density at radius 1 is 1.53 bits per heavy atom. The highest BCUT2D eigenvalue weighted by Crippen LogP contribution is 2.32. The molecule has 1 unspecified atom stereocenters. The zero-order valence-electron chi connectivity index (χ0n) is 10.6. The second kappa shape index (κ2) is 6.91. The van der Waals surface area contributed by atoms with E-state index in [1.54, 1.807) is 6.07 Å². The molecule has 0 spiro atoms. The minimum atomic E-state index is -3.40. The predicted octanol–water partition coefficient (Wildman–Crippen LogP) is 2.26. The van der Waals surface area contributed by atoms with Gasteiger partial charge in [0.25, 0.3) is 0 Å². The maximum Gasteiger partial charge on any atom is 0.242 e. The van der Waals surface area contributed by atoms with E-state index in [-0.39, 0.29) is 0 Å². The van der Waals surface area contributed by atoms with Gasteiger partial charge in [0.2, 0.25) is 10.0 Å². The third-order valence-electron chi connectivity index (χ3n) is 2.93. The van der Waals surface area contributed by atoms with Crippen LogP contribution >= 0.6 is 39.0 Å². The van der Waals surface area contributed by atoms with Crippen LogP contribution in [0.3, 0.4) is 0 Å². The average molecular weight is 385 g/mol. The molecule has 4 nitrogen and oxygen atoms in total. The Morgan fingerprint density at radius 2 is 2.32 bits per heavy atom. The van der Waals surface area contributed by atoms with Crippen molar-refractivity contribution < 1.29 is 8.42 Å². The van der Waals surface area contributed by atoms with Gasteiger partial charge in [-0.2, -0.15) is 11.8 Å². The SMILES string of the molecule is CNCc1cc(S(=O)(=O)NCC2CCSC2)c(Br)s1. The number of hydrogen-bond acceptors (Lipinski definition) is 5. The Kier molecular flexibility index (Phi) is 5.74. The molecule has 108 valence electrons. The number of thioether (sulfide) groups is 1. The minimum absolute atomic E-state index is 0.355. The number of thiophene rings is 1. The molecule has 1 aromatic rings. The van der Waals surface area contributed by atoms with Crippen LogP contribution in [-0.4, -0.2) is 33.5 Å². The summed E-state index contributed by atoms with van der Waals surface area (Å²) in [5.74, 6) is 2.66. The molecule has 8 heteroatoms. The normalized spacial score (nSPS) is 20.0. The molecule has 2 rings (SSSR count). The van der Waals surface area contributed by atoms with Crippen molar-refractivity contribution in [3.05, 3.63) is 14.7 Å². The summed E-state index contributed by atoms with van der Waals surface area (Å²) >= 11 is 6.69. The summed E-state index contributed by atoms with van der Waals surface area (Å²) in [7, 11) is -1.55. The van der Waals surface area contributed by atoms with Crippen molar-refractivity contribution in [2.24, 2.45) is 5.92 Å². The minimum Gasteiger partial charge on any atom is -0.315 e. The Morgan fingerprint density at radius 3 is 2.95 bits per heavy atom. The van der Waals surface area contributed by atoms with Gasteiger partial charge in [0.1, 0.15) is 4.90 Å². The van der Waals surface area contributed by atoms with Gasteiger partial charge in [0, 0.05) is 18.0 Å². The van der Waals surface area contributed by atoms with Crippen molar-refractivity contribution in [2.45, 2.75) is 17.9 Å². The predicted molar refractivity (Wildman–Crippen MR) is 85.4 cm³/mol. The number of rotatable bonds is 6. The van der Waals surface area contributed by atoms with Crippen molar-refractivity contribution in [3.63, 3.8) is 0 Å².